The molecular weight excluding hydrogens is 331 g/mol. The summed E-state index contributed by atoms with van der Waals surface area (Å²) in [7, 11) is 0. The van der Waals surface area contributed by atoms with Gasteiger partial charge >= 0.3 is 0 Å². The first kappa shape index (κ1) is 16.3. The summed E-state index contributed by atoms with van der Waals surface area (Å²) in [6, 6.07) is 4.76. The van der Waals surface area contributed by atoms with E-state index in [0.29, 0.717) is 36.1 Å². The summed E-state index contributed by atoms with van der Waals surface area (Å²) in [5.41, 5.74) is 0.0602. The molecule has 0 radical (unpaired) electrons. The number of benzene rings is 1. The molecule has 0 bridgehead atoms. The van der Waals surface area contributed by atoms with Crippen LogP contribution < -0.4 is 0 Å². The fourth-order valence-corrected chi connectivity index (χ4v) is 4.72. The molecule has 3 aliphatic rings. The predicted molar refractivity (Wildman–Crippen MR) is 89.0 cm³/mol. The van der Waals surface area contributed by atoms with Gasteiger partial charge in [0.2, 0.25) is 5.91 Å². The highest BCUT2D eigenvalue weighted by Crippen LogP contribution is 2.49. The molecule has 24 heavy (non-hydrogen) atoms. The lowest BCUT2D eigenvalue weighted by molar-refractivity contribution is -0.139. The highest BCUT2D eigenvalue weighted by atomic mass is 35.5. The molecule has 0 saturated carbocycles. The molecule has 0 unspecified atom stereocenters. The molecule has 3 aliphatic heterocycles. The molecule has 6 heteroatoms. The number of nitrogens with zero attached hydrogens (tertiary/aromatic N) is 2. The molecule has 3 atom stereocenters. The Morgan fingerprint density at radius 2 is 2.25 bits per heavy atom. The van der Waals surface area contributed by atoms with Gasteiger partial charge in [-0.25, -0.2) is 4.39 Å². The topological polar surface area (TPSA) is 32.8 Å². The first-order chi connectivity index (χ1) is 11.4. The molecule has 130 valence electrons. The summed E-state index contributed by atoms with van der Waals surface area (Å²) in [4.78, 5) is 16.8. The molecule has 4 nitrogen and oxygen atoms in total. The third-order valence-electron chi connectivity index (χ3n) is 5.75. The van der Waals surface area contributed by atoms with E-state index < -0.39 is 5.72 Å². The number of halogens is 2. The maximum Gasteiger partial charge on any atom is 0.226 e. The van der Waals surface area contributed by atoms with Gasteiger partial charge in [-0.05, 0) is 24.1 Å². The quantitative estimate of drug-likeness (QED) is 0.838. The number of amides is 1. The number of hydrogen-bond acceptors (Lipinski definition) is 3. The third-order valence-corrected chi connectivity index (χ3v) is 5.98. The Kier molecular flexibility index (Phi) is 3.86. The van der Waals surface area contributed by atoms with E-state index in [1.165, 1.54) is 6.07 Å². The molecule has 1 spiro atoms. The monoisotopic (exact) mass is 352 g/mol. The van der Waals surface area contributed by atoms with Crippen molar-refractivity contribution in [1.29, 1.82) is 0 Å². The predicted octanol–water partition coefficient (Wildman–Crippen LogP) is 3.04. The van der Waals surface area contributed by atoms with Crippen molar-refractivity contribution in [2.24, 2.45) is 5.92 Å². The van der Waals surface area contributed by atoms with Gasteiger partial charge in [0.05, 0.1) is 18.7 Å². The van der Waals surface area contributed by atoms with E-state index in [9.17, 15) is 9.18 Å². The molecule has 0 N–H and O–H groups in total. The Bertz CT molecular complexity index is 683. The van der Waals surface area contributed by atoms with Crippen LogP contribution in [0.1, 0.15) is 32.3 Å². The van der Waals surface area contributed by atoms with E-state index >= 15 is 0 Å². The van der Waals surface area contributed by atoms with Crippen molar-refractivity contribution in [2.75, 3.05) is 13.2 Å². The van der Waals surface area contributed by atoms with Crippen molar-refractivity contribution < 1.29 is 13.9 Å². The van der Waals surface area contributed by atoms with Crippen molar-refractivity contribution >= 4 is 17.5 Å². The van der Waals surface area contributed by atoms with Crippen molar-refractivity contribution in [3.05, 3.63) is 34.6 Å². The molecule has 1 aromatic rings. The molecule has 3 heterocycles. The maximum atomic E-state index is 14.1. The minimum Gasteiger partial charge on any atom is -0.352 e. The fourth-order valence-electron chi connectivity index (χ4n) is 4.53. The fraction of sp³-hybridized carbons (Fsp3) is 0.611. The lowest BCUT2D eigenvalue weighted by Crippen LogP contribution is -2.50. The molecule has 1 aromatic carbocycles. The van der Waals surface area contributed by atoms with E-state index in [1.807, 2.05) is 4.90 Å². The number of ether oxygens (including phenoxy) is 1. The van der Waals surface area contributed by atoms with Gasteiger partial charge in [0.1, 0.15) is 5.82 Å². The Morgan fingerprint density at radius 3 is 3.00 bits per heavy atom. The van der Waals surface area contributed by atoms with Crippen LogP contribution in [0.4, 0.5) is 4.39 Å². The van der Waals surface area contributed by atoms with E-state index in [4.69, 9.17) is 16.3 Å². The average molecular weight is 353 g/mol. The zero-order valence-corrected chi connectivity index (χ0v) is 14.7. The minimum absolute atomic E-state index is 0.00729. The van der Waals surface area contributed by atoms with Gasteiger partial charge in [-0.3, -0.25) is 9.69 Å². The molecule has 4 rings (SSSR count). The summed E-state index contributed by atoms with van der Waals surface area (Å²) in [5, 5.41) is 0.529. The van der Waals surface area contributed by atoms with Crippen molar-refractivity contribution in [1.82, 2.24) is 9.80 Å². The third kappa shape index (κ3) is 2.29. The van der Waals surface area contributed by atoms with Crippen LogP contribution in [0.2, 0.25) is 5.02 Å². The second kappa shape index (κ2) is 5.68. The first-order valence-corrected chi connectivity index (χ1v) is 8.94. The van der Waals surface area contributed by atoms with E-state index in [-0.39, 0.29) is 23.8 Å². The standard InChI is InChI=1S/C18H22ClFN2O2/c1-11(2)15-10-24-18-5-6-21(16(18)8-17(23)22(15)18)9-12-7-13(19)3-4-14(12)20/h3-4,7,11,15-16H,5-6,8-10H2,1-2H3/t15-,16+,18-/m0/s1. The zero-order valence-electron chi connectivity index (χ0n) is 14.0. The SMILES string of the molecule is CC(C)[C@@H]1CO[C@@]23CCN(Cc4cc(Cl)ccc4F)[C@@H]2CC(=O)N13. The van der Waals surface area contributed by atoms with Gasteiger partial charge in [-0.15, -0.1) is 0 Å². The number of hydrogen-bond donors (Lipinski definition) is 0. The Hall–Kier alpha value is -1.17. The average Bonchev–Trinajstić information content (AvgIpc) is 3.14. The lowest BCUT2D eigenvalue weighted by Gasteiger charge is -2.34. The van der Waals surface area contributed by atoms with Crippen LogP contribution in [0.3, 0.4) is 0 Å². The van der Waals surface area contributed by atoms with Crippen molar-refractivity contribution in [3.63, 3.8) is 0 Å². The molecule has 3 fully saturated rings. The molecular formula is C18H22ClFN2O2. The molecule has 1 amide bonds. The van der Waals surface area contributed by atoms with Crippen LogP contribution in [-0.2, 0) is 16.1 Å². The zero-order chi connectivity index (χ0) is 17.1. The van der Waals surface area contributed by atoms with E-state index in [2.05, 4.69) is 18.7 Å². The molecule has 3 saturated heterocycles. The maximum absolute atomic E-state index is 14.1. The first-order valence-electron chi connectivity index (χ1n) is 8.56. The summed E-state index contributed by atoms with van der Waals surface area (Å²) in [5.74, 6) is 0.271. The normalized spacial score (nSPS) is 32.7. The summed E-state index contributed by atoms with van der Waals surface area (Å²) in [6.45, 7) is 6.10. The van der Waals surface area contributed by atoms with E-state index in [0.717, 1.165) is 13.0 Å². The second-order valence-corrected chi connectivity index (χ2v) is 7.84. The van der Waals surface area contributed by atoms with Crippen LogP contribution in [-0.4, -0.2) is 46.7 Å². The number of carbonyl (C=O) groups is 1. The summed E-state index contributed by atoms with van der Waals surface area (Å²) >= 11 is 6.01. The highest BCUT2D eigenvalue weighted by molar-refractivity contribution is 6.30. The smallest absolute Gasteiger partial charge is 0.226 e. The van der Waals surface area contributed by atoms with Crippen LogP contribution in [0.25, 0.3) is 0 Å². The van der Waals surface area contributed by atoms with Gasteiger partial charge in [0.15, 0.2) is 5.72 Å². The van der Waals surface area contributed by atoms with Gasteiger partial charge in [0.25, 0.3) is 0 Å². The van der Waals surface area contributed by atoms with Crippen molar-refractivity contribution in [3.8, 4) is 0 Å². The Balaban J connectivity index is 1.60. The van der Waals surface area contributed by atoms with E-state index in [1.54, 1.807) is 12.1 Å². The highest BCUT2D eigenvalue weighted by Gasteiger charge is 2.64. The number of carbonyl (C=O) groups excluding carboxylic acids is 1. The summed E-state index contributed by atoms with van der Waals surface area (Å²) < 4.78 is 20.3. The van der Waals surface area contributed by atoms with Gasteiger partial charge in [-0.1, -0.05) is 25.4 Å². The Morgan fingerprint density at radius 1 is 1.46 bits per heavy atom. The molecule has 0 aliphatic carbocycles. The van der Waals surface area contributed by atoms with Gasteiger partial charge in [0, 0.05) is 36.5 Å². The minimum atomic E-state index is -0.513. The van der Waals surface area contributed by atoms with Crippen LogP contribution in [0.5, 0.6) is 0 Å². The van der Waals surface area contributed by atoms with Crippen LogP contribution in [0.15, 0.2) is 18.2 Å². The molecule has 0 aromatic heterocycles. The van der Waals surface area contributed by atoms with Crippen LogP contribution in [0, 0.1) is 11.7 Å². The van der Waals surface area contributed by atoms with Gasteiger partial charge < -0.3 is 9.64 Å². The van der Waals surface area contributed by atoms with Gasteiger partial charge in [-0.2, -0.15) is 0 Å². The number of rotatable bonds is 3. The summed E-state index contributed by atoms with van der Waals surface area (Å²) in [6.07, 6.45) is 1.24. The van der Waals surface area contributed by atoms with Crippen molar-refractivity contribution in [2.45, 2.75) is 51.0 Å². The van der Waals surface area contributed by atoms with Crippen LogP contribution >= 0.6 is 11.6 Å². The number of likely N-dealkylation sites (tertiary alicyclic amines) is 1. The Labute approximate surface area is 146 Å². The second-order valence-electron chi connectivity index (χ2n) is 7.41. The largest absolute Gasteiger partial charge is 0.352 e. The lowest BCUT2D eigenvalue weighted by atomic mass is 10.0.